The van der Waals surface area contributed by atoms with Crippen LogP contribution in [0.25, 0.3) is 0 Å². The lowest BCUT2D eigenvalue weighted by Crippen LogP contribution is -2.18. The molecule has 2 fully saturated rings. The Morgan fingerprint density at radius 3 is 2.70 bits per heavy atom. The van der Waals surface area contributed by atoms with Gasteiger partial charge in [0.05, 0.1) is 11.5 Å². The van der Waals surface area contributed by atoms with Crippen LogP contribution in [0, 0.1) is 5.82 Å². The van der Waals surface area contributed by atoms with Crippen molar-refractivity contribution in [2.75, 3.05) is 11.5 Å². The van der Waals surface area contributed by atoms with Gasteiger partial charge in [-0.25, -0.2) is 12.8 Å². The van der Waals surface area contributed by atoms with Crippen molar-refractivity contribution >= 4 is 9.84 Å². The second kappa shape index (κ2) is 5.33. The summed E-state index contributed by atoms with van der Waals surface area (Å²) in [7, 11) is -2.98. The first-order valence-electron chi connectivity index (χ1n) is 6.90. The van der Waals surface area contributed by atoms with E-state index in [1.165, 1.54) is 25.0 Å². The number of rotatable bonds is 5. The zero-order chi connectivity index (χ0) is 14.2. The van der Waals surface area contributed by atoms with Crippen molar-refractivity contribution in [3.05, 3.63) is 29.6 Å². The maximum absolute atomic E-state index is 13.6. The summed E-state index contributed by atoms with van der Waals surface area (Å²) in [5.41, 5.74) is 0.827. The Balaban J connectivity index is 1.65. The largest absolute Gasteiger partial charge is 0.489 e. The number of hydrogen-bond donors (Lipinski definition) is 1. The van der Waals surface area contributed by atoms with Gasteiger partial charge in [-0.2, -0.15) is 0 Å². The van der Waals surface area contributed by atoms with E-state index in [2.05, 4.69) is 5.32 Å². The second-order valence-electron chi connectivity index (χ2n) is 5.59. The van der Waals surface area contributed by atoms with Crippen molar-refractivity contribution in [1.29, 1.82) is 0 Å². The third-order valence-corrected chi connectivity index (χ3v) is 5.33. The highest BCUT2D eigenvalue weighted by molar-refractivity contribution is 7.91. The Labute approximate surface area is 118 Å². The molecule has 1 aromatic rings. The van der Waals surface area contributed by atoms with E-state index in [0.717, 1.165) is 5.56 Å². The van der Waals surface area contributed by atoms with E-state index in [1.54, 1.807) is 6.07 Å². The molecule has 0 radical (unpaired) electrons. The first-order valence-corrected chi connectivity index (χ1v) is 8.72. The van der Waals surface area contributed by atoms with Crippen LogP contribution in [0.1, 0.15) is 24.8 Å². The lowest BCUT2D eigenvalue weighted by molar-refractivity contribution is 0.227. The zero-order valence-corrected chi connectivity index (χ0v) is 12.0. The van der Waals surface area contributed by atoms with E-state index >= 15 is 0 Å². The molecule has 4 nitrogen and oxygen atoms in total. The quantitative estimate of drug-likeness (QED) is 0.898. The minimum atomic E-state index is -2.98. The lowest BCUT2D eigenvalue weighted by Gasteiger charge is -2.13. The smallest absolute Gasteiger partial charge is 0.154 e. The minimum Gasteiger partial charge on any atom is -0.489 e. The molecule has 0 amide bonds. The van der Waals surface area contributed by atoms with Gasteiger partial charge in [0, 0.05) is 18.7 Å². The summed E-state index contributed by atoms with van der Waals surface area (Å²) in [5, 5.41) is 3.32. The number of benzene rings is 1. The van der Waals surface area contributed by atoms with Gasteiger partial charge in [0.15, 0.2) is 9.84 Å². The molecule has 1 N–H and O–H groups in total. The summed E-state index contributed by atoms with van der Waals surface area (Å²) in [4.78, 5) is 0. The normalized spacial score (nSPS) is 24.8. The maximum Gasteiger partial charge on any atom is 0.154 e. The summed E-state index contributed by atoms with van der Waals surface area (Å²) in [6.07, 6.45) is 2.48. The fourth-order valence-electron chi connectivity index (χ4n) is 2.39. The molecule has 0 aromatic heterocycles. The third kappa shape index (κ3) is 3.70. The zero-order valence-electron chi connectivity index (χ0n) is 11.1. The maximum atomic E-state index is 13.6. The van der Waals surface area contributed by atoms with Crippen molar-refractivity contribution in [3.8, 4) is 5.75 Å². The first kappa shape index (κ1) is 13.8. The Morgan fingerprint density at radius 1 is 1.25 bits per heavy atom. The molecule has 20 heavy (non-hydrogen) atoms. The molecule has 1 aliphatic carbocycles. The van der Waals surface area contributed by atoms with Crippen LogP contribution in [0.5, 0.6) is 5.75 Å². The van der Waals surface area contributed by atoms with Gasteiger partial charge in [-0.3, -0.25) is 0 Å². The van der Waals surface area contributed by atoms with E-state index in [9.17, 15) is 12.8 Å². The molecule has 0 bridgehead atoms. The number of nitrogens with one attached hydrogen (secondary N) is 1. The van der Waals surface area contributed by atoms with Crippen molar-refractivity contribution < 1.29 is 17.5 Å². The van der Waals surface area contributed by atoms with Gasteiger partial charge in [-0.15, -0.1) is 0 Å². The molecule has 1 aromatic carbocycles. The molecule has 1 saturated heterocycles. The molecule has 0 spiro atoms. The minimum absolute atomic E-state index is 0.0270. The Hall–Kier alpha value is -1.14. The Kier molecular flexibility index (Phi) is 3.69. The van der Waals surface area contributed by atoms with E-state index < -0.39 is 9.84 Å². The first-order chi connectivity index (χ1) is 9.50. The van der Waals surface area contributed by atoms with Crippen LogP contribution in [-0.2, 0) is 16.4 Å². The molecule has 110 valence electrons. The molecule has 6 heteroatoms. The Morgan fingerprint density at radius 2 is 2.05 bits per heavy atom. The van der Waals surface area contributed by atoms with Crippen LogP contribution in [0.4, 0.5) is 4.39 Å². The fraction of sp³-hybridized carbons (Fsp3) is 0.571. The molecule has 3 rings (SSSR count). The van der Waals surface area contributed by atoms with Gasteiger partial charge < -0.3 is 10.1 Å². The molecule has 1 atom stereocenters. The average Bonchev–Trinajstić information content (AvgIpc) is 3.11. The van der Waals surface area contributed by atoms with E-state index in [-0.39, 0.29) is 23.4 Å². The van der Waals surface area contributed by atoms with E-state index in [1.807, 2.05) is 0 Å². The highest BCUT2D eigenvalue weighted by Gasteiger charge is 2.29. The van der Waals surface area contributed by atoms with Gasteiger partial charge >= 0.3 is 0 Å². The van der Waals surface area contributed by atoms with Crippen molar-refractivity contribution in [3.63, 3.8) is 0 Å². The van der Waals surface area contributed by atoms with E-state index in [0.29, 0.717) is 24.8 Å². The molecular formula is C14H18FNO3S. The number of halogens is 1. The predicted octanol–water partition coefficient (Wildman–Crippen LogP) is 1.64. The van der Waals surface area contributed by atoms with Gasteiger partial charge in [-0.05, 0) is 37.0 Å². The van der Waals surface area contributed by atoms with Gasteiger partial charge in [0.2, 0.25) is 0 Å². The Bertz CT molecular complexity index is 598. The lowest BCUT2D eigenvalue weighted by atomic mass is 10.2. The molecule has 1 aliphatic heterocycles. The predicted molar refractivity (Wildman–Crippen MR) is 73.9 cm³/mol. The summed E-state index contributed by atoms with van der Waals surface area (Å²) in [6, 6.07) is 5.13. The fourth-order valence-corrected chi connectivity index (χ4v) is 3.98. The van der Waals surface area contributed by atoms with Crippen molar-refractivity contribution in [2.24, 2.45) is 0 Å². The second-order valence-corrected chi connectivity index (χ2v) is 7.82. The summed E-state index contributed by atoms with van der Waals surface area (Å²) in [5.74, 6) is 0.248. The van der Waals surface area contributed by atoms with Crippen LogP contribution < -0.4 is 10.1 Å². The SMILES string of the molecule is O=S1(=O)CCC(Oc2cc(F)cc(CNC3CC3)c2)C1. The van der Waals surface area contributed by atoms with Crippen LogP contribution in [0.3, 0.4) is 0 Å². The molecule has 1 saturated carbocycles. The number of sulfone groups is 1. The summed E-state index contributed by atoms with van der Waals surface area (Å²) in [6.45, 7) is 0.613. The van der Waals surface area contributed by atoms with Crippen LogP contribution in [0.2, 0.25) is 0 Å². The van der Waals surface area contributed by atoms with Crippen LogP contribution in [0.15, 0.2) is 18.2 Å². The van der Waals surface area contributed by atoms with E-state index in [4.69, 9.17) is 4.74 Å². The number of ether oxygens (including phenoxy) is 1. The monoisotopic (exact) mass is 299 g/mol. The molecule has 1 heterocycles. The molecular weight excluding hydrogens is 281 g/mol. The topological polar surface area (TPSA) is 55.4 Å². The van der Waals surface area contributed by atoms with Gasteiger partial charge in [0.25, 0.3) is 0 Å². The van der Waals surface area contributed by atoms with Gasteiger partial charge in [-0.1, -0.05) is 0 Å². The highest BCUT2D eigenvalue weighted by Crippen LogP contribution is 2.23. The summed E-state index contributed by atoms with van der Waals surface area (Å²) >= 11 is 0. The van der Waals surface area contributed by atoms with Crippen molar-refractivity contribution in [2.45, 2.75) is 38.0 Å². The third-order valence-electron chi connectivity index (χ3n) is 3.60. The molecule has 2 aliphatic rings. The standard InChI is InChI=1S/C14H18FNO3S/c15-11-5-10(8-16-12-1-2-12)6-14(7-11)19-13-3-4-20(17,18)9-13/h5-7,12-13,16H,1-4,8-9H2. The highest BCUT2D eigenvalue weighted by atomic mass is 32.2. The van der Waals surface area contributed by atoms with Crippen LogP contribution >= 0.6 is 0 Å². The van der Waals surface area contributed by atoms with Gasteiger partial charge in [0.1, 0.15) is 17.7 Å². The number of hydrogen-bond acceptors (Lipinski definition) is 4. The van der Waals surface area contributed by atoms with Crippen LogP contribution in [-0.4, -0.2) is 32.1 Å². The average molecular weight is 299 g/mol. The molecule has 1 unspecified atom stereocenters. The van der Waals surface area contributed by atoms with Crippen molar-refractivity contribution in [1.82, 2.24) is 5.32 Å². The summed E-state index contributed by atoms with van der Waals surface area (Å²) < 4.78 is 41.9.